The van der Waals surface area contributed by atoms with E-state index >= 15 is 0 Å². The van der Waals surface area contributed by atoms with Gasteiger partial charge in [-0.3, -0.25) is 4.79 Å². The van der Waals surface area contributed by atoms with Crippen LogP contribution in [0.25, 0.3) is 11.1 Å². The number of ether oxygens (including phenoxy) is 1. The first-order valence-corrected chi connectivity index (χ1v) is 9.65. The molecular weight excluding hydrogens is 382 g/mol. The van der Waals surface area contributed by atoms with E-state index in [1.165, 1.54) is 0 Å². The molecule has 0 saturated carbocycles. The van der Waals surface area contributed by atoms with Crippen LogP contribution in [0.4, 0.5) is 5.69 Å². The monoisotopic (exact) mass is 399 g/mol. The zero-order valence-corrected chi connectivity index (χ0v) is 16.3. The molecule has 2 aromatic carbocycles. The van der Waals surface area contributed by atoms with Gasteiger partial charge in [-0.15, -0.1) is 10.2 Å². The van der Waals surface area contributed by atoms with Gasteiger partial charge in [-0.2, -0.15) is 0 Å². The SMILES string of the molecule is CCCOc1ccc(/C=C(\Cl)c2nnc(C(=O)Nc3ccccc3)s2)cc1. The van der Waals surface area contributed by atoms with Crippen LogP contribution >= 0.6 is 22.9 Å². The lowest BCUT2D eigenvalue weighted by molar-refractivity contribution is 0.102. The Labute approximate surface area is 166 Å². The van der Waals surface area contributed by atoms with Gasteiger partial charge in [-0.1, -0.05) is 60.2 Å². The van der Waals surface area contributed by atoms with E-state index in [9.17, 15) is 4.79 Å². The highest BCUT2D eigenvalue weighted by atomic mass is 35.5. The minimum atomic E-state index is -0.313. The average Bonchev–Trinajstić information content (AvgIpc) is 3.19. The predicted octanol–water partition coefficient (Wildman–Crippen LogP) is 5.32. The number of nitrogens with zero attached hydrogens (tertiary/aromatic N) is 2. The highest BCUT2D eigenvalue weighted by Crippen LogP contribution is 2.26. The zero-order valence-electron chi connectivity index (χ0n) is 14.7. The molecule has 3 aromatic rings. The summed E-state index contributed by atoms with van der Waals surface area (Å²) in [5, 5.41) is 11.9. The van der Waals surface area contributed by atoms with Crippen molar-refractivity contribution in [2.45, 2.75) is 13.3 Å². The summed E-state index contributed by atoms with van der Waals surface area (Å²) in [6.45, 7) is 2.75. The van der Waals surface area contributed by atoms with Gasteiger partial charge < -0.3 is 10.1 Å². The lowest BCUT2D eigenvalue weighted by Crippen LogP contribution is -2.11. The summed E-state index contributed by atoms with van der Waals surface area (Å²) < 4.78 is 5.56. The number of rotatable bonds is 7. The van der Waals surface area contributed by atoms with Gasteiger partial charge >= 0.3 is 0 Å². The van der Waals surface area contributed by atoms with Crippen LogP contribution < -0.4 is 10.1 Å². The number of benzene rings is 2. The molecule has 0 spiro atoms. The summed E-state index contributed by atoms with van der Waals surface area (Å²) in [5.74, 6) is 0.507. The lowest BCUT2D eigenvalue weighted by atomic mass is 10.2. The number of hydrogen-bond acceptors (Lipinski definition) is 5. The topological polar surface area (TPSA) is 64.1 Å². The Balaban J connectivity index is 1.67. The Morgan fingerprint density at radius 3 is 2.52 bits per heavy atom. The highest BCUT2D eigenvalue weighted by Gasteiger charge is 2.14. The molecule has 27 heavy (non-hydrogen) atoms. The molecule has 138 valence electrons. The molecule has 5 nitrogen and oxygen atoms in total. The minimum absolute atomic E-state index is 0.253. The fourth-order valence-electron chi connectivity index (χ4n) is 2.21. The van der Waals surface area contributed by atoms with Crippen molar-refractivity contribution in [2.24, 2.45) is 0 Å². The Kier molecular flexibility index (Phi) is 6.57. The highest BCUT2D eigenvalue weighted by molar-refractivity contribution is 7.15. The zero-order chi connectivity index (χ0) is 19.1. The molecule has 0 fully saturated rings. The maximum atomic E-state index is 12.3. The van der Waals surface area contributed by atoms with Crippen molar-refractivity contribution in [3.8, 4) is 5.75 Å². The van der Waals surface area contributed by atoms with Crippen LogP contribution in [0.5, 0.6) is 5.75 Å². The number of carbonyl (C=O) groups excluding carboxylic acids is 1. The van der Waals surface area contributed by atoms with Crippen molar-refractivity contribution in [3.05, 3.63) is 70.2 Å². The third kappa shape index (κ3) is 5.39. The third-order valence-electron chi connectivity index (χ3n) is 3.50. The summed E-state index contributed by atoms with van der Waals surface area (Å²) in [6, 6.07) is 16.8. The molecule has 0 saturated heterocycles. The van der Waals surface area contributed by atoms with E-state index in [-0.39, 0.29) is 10.9 Å². The van der Waals surface area contributed by atoms with Crippen LogP contribution in [0.2, 0.25) is 0 Å². The van der Waals surface area contributed by atoms with Crippen LogP contribution in [0, 0.1) is 0 Å². The van der Waals surface area contributed by atoms with Crippen LogP contribution in [-0.2, 0) is 0 Å². The van der Waals surface area contributed by atoms with Crippen LogP contribution in [0.3, 0.4) is 0 Å². The first-order chi connectivity index (χ1) is 13.2. The third-order valence-corrected chi connectivity index (χ3v) is 4.86. The number of carbonyl (C=O) groups is 1. The van der Waals surface area contributed by atoms with Crippen LogP contribution in [0.15, 0.2) is 54.6 Å². The molecule has 1 aromatic heterocycles. The second-order valence-electron chi connectivity index (χ2n) is 5.64. The molecule has 0 aliphatic heterocycles. The summed E-state index contributed by atoms with van der Waals surface area (Å²) in [6.07, 6.45) is 2.75. The molecule has 0 atom stereocenters. The maximum absolute atomic E-state index is 12.3. The number of aromatic nitrogens is 2. The quantitative estimate of drug-likeness (QED) is 0.584. The second-order valence-corrected chi connectivity index (χ2v) is 7.03. The average molecular weight is 400 g/mol. The van der Waals surface area contributed by atoms with E-state index in [1.807, 2.05) is 42.5 Å². The van der Waals surface area contributed by atoms with Gasteiger partial charge in [0.15, 0.2) is 5.01 Å². The molecule has 0 aliphatic carbocycles. The number of hydrogen-bond donors (Lipinski definition) is 1. The van der Waals surface area contributed by atoms with Crippen LogP contribution in [0.1, 0.15) is 33.7 Å². The molecular formula is C20H18ClN3O2S. The standard InChI is InChI=1S/C20H18ClN3O2S/c1-2-12-26-16-10-8-14(9-11-16)13-17(21)19-23-24-20(27-19)18(25)22-15-6-4-3-5-7-15/h3-11,13H,2,12H2,1H3,(H,22,25)/b17-13-. The molecule has 0 radical (unpaired) electrons. The van der Waals surface area contributed by atoms with E-state index in [4.69, 9.17) is 16.3 Å². The van der Waals surface area contributed by atoms with Gasteiger partial charge in [-0.25, -0.2) is 0 Å². The summed E-state index contributed by atoms with van der Waals surface area (Å²) in [4.78, 5) is 12.3. The molecule has 0 bridgehead atoms. The maximum Gasteiger partial charge on any atom is 0.286 e. The summed E-state index contributed by atoms with van der Waals surface area (Å²) in [7, 11) is 0. The van der Waals surface area contributed by atoms with Gasteiger partial charge in [0.2, 0.25) is 5.01 Å². The van der Waals surface area contributed by atoms with Crippen molar-refractivity contribution >= 4 is 45.6 Å². The molecule has 0 aliphatic rings. The van der Waals surface area contributed by atoms with Gasteiger partial charge in [-0.05, 0) is 42.3 Å². The van der Waals surface area contributed by atoms with Crippen molar-refractivity contribution in [2.75, 3.05) is 11.9 Å². The lowest BCUT2D eigenvalue weighted by Gasteiger charge is -2.04. The molecule has 7 heteroatoms. The normalized spacial score (nSPS) is 11.3. The van der Waals surface area contributed by atoms with Crippen molar-refractivity contribution in [1.82, 2.24) is 10.2 Å². The smallest absolute Gasteiger partial charge is 0.286 e. The van der Waals surface area contributed by atoms with E-state index in [2.05, 4.69) is 22.4 Å². The van der Waals surface area contributed by atoms with E-state index in [1.54, 1.807) is 18.2 Å². The van der Waals surface area contributed by atoms with Gasteiger partial charge in [0.25, 0.3) is 5.91 Å². The van der Waals surface area contributed by atoms with Crippen molar-refractivity contribution in [1.29, 1.82) is 0 Å². The van der Waals surface area contributed by atoms with E-state index in [0.717, 1.165) is 29.1 Å². The Bertz CT molecular complexity index is 924. The first kappa shape index (κ1) is 19.1. The second kappa shape index (κ2) is 9.30. The largest absolute Gasteiger partial charge is 0.494 e. The number of halogens is 1. The molecule has 0 unspecified atom stereocenters. The number of nitrogens with one attached hydrogen (secondary N) is 1. The summed E-state index contributed by atoms with van der Waals surface area (Å²) >= 11 is 7.49. The molecule has 3 rings (SSSR count). The van der Waals surface area contributed by atoms with Gasteiger partial charge in [0.05, 0.1) is 11.6 Å². The molecule has 1 N–H and O–H groups in total. The first-order valence-electron chi connectivity index (χ1n) is 8.46. The van der Waals surface area contributed by atoms with Crippen LogP contribution in [-0.4, -0.2) is 22.7 Å². The van der Waals surface area contributed by atoms with E-state index < -0.39 is 0 Å². The van der Waals surface area contributed by atoms with Gasteiger partial charge in [0, 0.05) is 5.69 Å². The predicted molar refractivity (Wildman–Crippen MR) is 110 cm³/mol. The Hall–Kier alpha value is -2.70. The Morgan fingerprint density at radius 2 is 1.81 bits per heavy atom. The minimum Gasteiger partial charge on any atom is -0.494 e. The van der Waals surface area contributed by atoms with E-state index in [0.29, 0.717) is 22.3 Å². The van der Waals surface area contributed by atoms with Crippen molar-refractivity contribution in [3.63, 3.8) is 0 Å². The molecule has 1 amide bonds. The number of amides is 1. The Morgan fingerprint density at radius 1 is 1.11 bits per heavy atom. The number of para-hydroxylation sites is 1. The number of anilines is 1. The fraction of sp³-hybridized carbons (Fsp3) is 0.150. The molecule has 1 heterocycles. The summed E-state index contributed by atoms with van der Waals surface area (Å²) in [5.41, 5.74) is 1.61. The fourth-order valence-corrected chi connectivity index (χ4v) is 3.13. The van der Waals surface area contributed by atoms with Crippen molar-refractivity contribution < 1.29 is 9.53 Å². The van der Waals surface area contributed by atoms with Gasteiger partial charge in [0.1, 0.15) is 5.75 Å².